The minimum absolute atomic E-state index is 0.0612. The van der Waals surface area contributed by atoms with Crippen molar-refractivity contribution in [1.82, 2.24) is 4.72 Å². The van der Waals surface area contributed by atoms with E-state index < -0.39 is 16.0 Å². The van der Waals surface area contributed by atoms with Crippen molar-refractivity contribution in [3.63, 3.8) is 0 Å². The molecule has 100 valence electrons. The second-order valence-corrected chi connectivity index (χ2v) is 6.43. The van der Waals surface area contributed by atoms with E-state index in [1.165, 1.54) is 24.3 Å². The fraction of sp³-hybridized carbons (Fsp3) is 0.364. The van der Waals surface area contributed by atoms with Crippen LogP contribution in [0.2, 0.25) is 0 Å². The van der Waals surface area contributed by atoms with Crippen LogP contribution in [0.25, 0.3) is 0 Å². The van der Waals surface area contributed by atoms with Gasteiger partial charge >= 0.3 is 5.97 Å². The molecular weight excluding hydrogens is 274 g/mol. The fourth-order valence-electron chi connectivity index (χ4n) is 1.39. The van der Waals surface area contributed by atoms with E-state index in [4.69, 9.17) is 5.11 Å². The van der Waals surface area contributed by atoms with Crippen LogP contribution in [0, 0.1) is 0 Å². The van der Waals surface area contributed by atoms with Gasteiger partial charge in [0.1, 0.15) is 0 Å². The lowest BCUT2D eigenvalue weighted by atomic mass is 10.2. The maximum Gasteiger partial charge on any atom is 0.335 e. The highest BCUT2D eigenvalue weighted by Gasteiger charge is 2.17. The summed E-state index contributed by atoms with van der Waals surface area (Å²) in [6.45, 7) is 1.78. The fourth-order valence-corrected chi connectivity index (χ4v) is 3.33. The third kappa shape index (κ3) is 4.01. The summed E-state index contributed by atoms with van der Waals surface area (Å²) < 4.78 is 26.4. The van der Waals surface area contributed by atoms with Gasteiger partial charge in [-0.15, -0.1) is 0 Å². The minimum Gasteiger partial charge on any atom is -0.478 e. The van der Waals surface area contributed by atoms with Crippen molar-refractivity contribution in [1.29, 1.82) is 0 Å². The number of hydrogen-bond acceptors (Lipinski definition) is 4. The molecule has 0 aliphatic carbocycles. The van der Waals surface area contributed by atoms with Crippen molar-refractivity contribution in [3.8, 4) is 0 Å². The van der Waals surface area contributed by atoms with Gasteiger partial charge in [0.25, 0.3) is 0 Å². The average Bonchev–Trinajstić information content (AvgIpc) is 2.28. The number of carboxylic acids is 1. The Balaban J connectivity index is 2.88. The molecule has 5 nitrogen and oxygen atoms in total. The van der Waals surface area contributed by atoms with E-state index in [9.17, 15) is 13.2 Å². The molecule has 0 bridgehead atoms. The molecule has 0 fully saturated rings. The zero-order chi connectivity index (χ0) is 13.8. The molecule has 1 aromatic carbocycles. The highest BCUT2D eigenvalue weighted by molar-refractivity contribution is 7.98. The normalized spacial score (nSPS) is 13.2. The molecule has 0 aliphatic heterocycles. The first-order valence-corrected chi connectivity index (χ1v) is 8.09. The second kappa shape index (κ2) is 6.21. The lowest BCUT2D eigenvalue weighted by molar-refractivity contribution is 0.0696. The van der Waals surface area contributed by atoms with Crippen molar-refractivity contribution >= 4 is 27.8 Å². The zero-order valence-electron chi connectivity index (χ0n) is 10.1. The van der Waals surface area contributed by atoms with Crippen LogP contribution < -0.4 is 4.72 Å². The number of carboxylic acid groups (broad SMARTS) is 1. The minimum atomic E-state index is -3.58. The monoisotopic (exact) mass is 289 g/mol. The molecule has 7 heteroatoms. The number of aromatic carboxylic acids is 1. The predicted molar refractivity (Wildman–Crippen MR) is 71.6 cm³/mol. The number of benzene rings is 1. The Morgan fingerprint density at radius 2 is 1.94 bits per heavy atom. The number of sulfonamides is 1. The molecule has 0 radical (unpaired) electrons. The van der Waals surface area contributed by atoms with Gasteiger partial charge in [0.2, 0.25) is 10.0 Å². The summed E-state index contributed by atoms with van der Waals surface area (Å²) in [5.74, 6) is -0.408. The highest BCUT2D eigenvalue weighted by Crippen LogP contribution is 2.11. The summed E-state index contributed by atoms with van der Waals surface area (Å²) >= 11 is 1.55. The topological polar surface area (TPSA) is 83.5 Å². The smallest absolute Gasteiger partial charge is 0.335 e. The Bertz CT molecular complexity index is 510. The van der Waals surface area contributed by atoms with Gasteiger partial charge in [-0.2, -0.15) is 11.8 Å². The largest absolute Gasteiger partial charge is 0.478 e. The molecule has 2 N–H and O–H groups in total. The number of carbonyl (C=O) groups is 1. The van der Waals surface area contributed by atoms with Gasteiger partial charge in [-0.05, 0) is 37.4 Å². The molecular formula is C11H15NO4S2. The van der Waals surface area contributed by atoms with E-state index in [-0.39, 0.29) is 16.5 Å². The molecule has 1 aromatic rings. The van der Waals surface area contributed by atoms with Gasteiger partial charge in [0.15, 0.2) is 0 Å². The molecule has 0 aromatic heterocycles. The lowest BCUT2D eigenvalue weighted by Crippen LogP contribution is -2.34. The van der Waals surface area contributed by atoms with Crippen LogP contribution in [0.4, 0.5) is 0 Å². The Kier molecular flexibility index (Phi) is 5.18. The molecule has 1 atom stereocenters. The first-order valence-electron chi connectivity index (χ1n) is 5.21. The Morgan fingerprint density at radius 3 is 2.39 bits per heavy atom. The van der Waals surface area contributed by atoms with Crippen molar-refractivity contribution in [3.05, 3.63) is 29.8 Å². The summed E-state index contributed by atoms with van der Waals surface area (Å²) in [7, 11) is -3.58. The molecule has 0 spiro atoms. The van der Waals surface area contributed by atoms with Crippen molar-refractivity contribution < 1.29 is 18.3 Å². The van der Waals surface area contributed by atoms with Gasteiger partial charge < -0.3 is 5.11 Å². The van der Waals surface area contributed by atoms with Crippen LogP contribution in [-0.2, 0) is 10.0 Å². The van der Waals surface area contributed by atoms with E-state index >= 15 is 0 Å². The number of hydrogen-bond donors (Lipinski definition) is 2. The molecule has 1 rings (SSSR count). The first-order chi connectivity index (χ1) is 8.36. The van der Waals surface area contributed by atoms with Gasteiger partial charge in [-0.25, -0.2) is 17.9 Å². The van der Waals surface area contributed by atoms with Crippen LogP contribution in [0.5, 0.6) is 0 Å². The van der Waals surface area contributed by atoms with Gasteiger partial charge in [0, 0.05) is 11.8 Å². The van der Waals surface area contributed by atoms with Gasteiger partial charge in [-0.1, -0.05) is 0 Å². The SMILES string of the molecule is CSCC(C)NS(=O)(=O)c1ccc(C(=O)O)cc1. The van der Waals surface area contributed by atoms with Crippen LogP contribution in [0.1, 0.15) is 17.3 Å². The van der Waals surface area contributed by atoms with E-state index in [1.807, 2.05) is 6.26 Å². The van der Waals surface area contributed by atoms with Crippen LogP contribution >= 0.6 is 11.8 Å². The molecule has 0 aliphatic rings. The lowest BCUT2D eigenvalue weighted by Gasteiger charge is -2.12. The van der Waals surface area contributed by atoms with Gasteiger partial charge in [0.05, 0.1) is 10.5 Å². The summed E-state index contributed by atoms with van der Waals surface area (Å²) in [5.41, 5.74) is 0.0612. The van der Waals surface area contributed by atoms with E-state index in [0.717, 1.165) is 0 Å². The maximum absolute atomic E-state index is 11.9. The standard InChI is InChI=1S/C11H15NO4S2/c1-8(7-17-2)12-18(15,16)10-5-3-9(4-6-10)11(13)14/h3-6,8,12H,7H2,1-2H3,(H,13,14). The summed E-state index contributed by atoms with van der Waals surface area (Å²) in [5, 5.41) is 8.73. The number of thioether (sulfide) groups is 1. The molecule has 0 amide bonds. The Hall–Kier alpha value is -1.05. The summed E-state index contributed by atoms with van der Waals surface area (Å²) in [4.78, 5) is 10.7. The molecule has 0 heterocycles. The van der Waals surface area contributed by atoms with Gasteiger partial charge in [-0.3, -0.25) is 0 Å². The quantitative estimate of drug-likeness (QED) is 0.827. The van der Waals surface area contributed by atoms with Crippen molar-refractivity contribution in [2.24, 2.45) is 0 Å². The van der Waals surface area contributed by atoms with Crippen molar-refractivity contribution in [2.75, 3.05) is 12.0 Å². The van der Waals surface area contributed by atoms with Crippen LogP contribution in [0.3, 0.4) is 0 Å². The Labute approximate surface area is 111 Å². The first kappa shape index (κ1) is 15.0. The zero-order valence-corrected chi connectivity index (χ0v) is 11.7. The maximum atomic E-state index is 11.9. The average molecular weight is 289 g/mol. The van der Waals surface area contributed by atoms with E-state index in [1.54, 1.807) is 18.7 Å². The molecule has 0 saturated carbocycles. The second-order valence-electron chi connectivity index (χ2n) is 3.81. The molecule has 0 saturated heterocycles. The van der Waals surface area contributed by atoms with Crippen LogP contribution in [0.15, 0.2) is 29.2 Å². The third-order valence-corrected chi connectivity index (χ3v) is 4.62. The molecule has 18 heavy (non-hydrogen) atoms. The number of nitrogens with one attached hydrogen (secondary N) is 1. The highest BCUT2D eigenvalue weighted by atomic mass is 32.2. The van der Waals surface area contributed by atoms with E-state index in [2.05, 4.69) is 4.72 Å². The summed E-state index contributed by atoms with van der Waals surface area (Å²) in [6, 6.07) is 4.95. The third-order valence-electron chi connectivity index (χ3n) is 2.18. The van der Waals surface area contributed by atoms with Crippen molar-refractivity contribution in [2.45, 2.75) is 17.9 Å². The Morgan fingerprint density at radius 1 is 1.39 bits per heavy atom. The van der Waals surface area contributed by atoms with Crippen LogP contribution in [-0.4, -0.2) is 37.5 Å². The van der Waals surface area contributed by atoms with E-state index in [0.29, 0.717) is 5.75 Å². The number of rotatable bonds is 6. The summed E-state index contributed by atoms with van der Waals surface area (Å²) in [6.07, 6.45) is 1.90. The molecule has 1 unspecified atom stereocenters. The predicted octanol–water partition coefficient (Wildman–Crippen LogP) is 1.41.